The lowest BCUT2D eigenvalue weighted by Gasteiger charge is -2.10. The minimum absolute atomic E-state index is 0.621. The summed E-state index contributed by atoms with van der Waals surface area (Å²) in [5.41, 5.74) is 1.24. The lowest BCUT2D eigenvalue weighted by Crippen LogP contribution is -2.17. The van der Waals surface area contributed by atoms with Gasteiger partial charge in [0.05, 0.1) is 0 Å². The standard InChI is InChI=1S/C14H10F3N/c15-14(16,17)9-18-12-7-3-1-5-10(12)11-6-2-4-8-13(11)18/h1-8H,9H2. The molecule has 0 amide bonds. The molecule has 0 aliphatic heterocycles. The zero-order valence-corrected chi connectivity index (χ0v) is 9.41. The summed E-state index contributed by atoms with van der Waals surface area (Å²) in [6, 6.07) is 14.3. The molecule has 0 unspecified atom stereocenters. The highest BCUT2D eigenvalue weighted by Crippen LogP contribution is 2.31. The average Bonchev–Trinajstić information content (AvgIpc) is 2.64. The van der Waals surface area contributed by atoms with Gasteiger partial charge < -0.3 is 4.57 Å². The number of fused-ring (bicyclic) bond motifs is 3. The van der Waals surface area contributed by atoms with Crippen LogP contribution in [0.25, 0.3) is 21.8 Å². The molecule has 0 spiro atoms. The highest BCUT2D eigenvalue weighted by Gasteiger charge is 2.29. The van der Waals surface area contributed by atoms with E-state index >= 15 is 0 Å². The zero-order chi connectivity index (χ0) is 12.8. The van der Waals surface area contributed by atoms with Gasteiger partial charge in [-0.25, -0.2) is 0 Å². The number of para-hydroxylation sites is 2. The molecule has 0 saturated carbocycles. The van der Waals surface area contributed by atoms with Gasteiger partial charge in [-0.05, 0) is 12.1 Å². The average molecular weight is 249 g/mol. The molecular formula is C14H10F3N. The summed E-state index contributed by atoms with van der Waals surface area (Å²) >= 11 is 0. The van der Waals surface area contributed by atoms with Crippen molar-refractivity contribution in [3.05, 3.63) is 48.5 Å². The normalized spacial score (nSPS) is 12.4. The minimum Gasteiger partial charge on any atom is -0.331 e. The SMILES string of the molecule is FC(F)(F)Cn1c2ccccc2c2ccccc21. The van der Waals surface area contributed by atoms with Crippen LogP contribution in [0.1, 0.15) is 0 Å². The van der Waals surface area contributed by atoms with E-state index in [0.717, 1.165) is 10.8 Å². The summed E-state index contributed by atoms with van der Waals surface area (Å²) in [6.07, 6.45) is -4.22. The Hall–Kier alpha value is -1.97. The Kier molecular flexibility index (Phi) is 2.33. The molecule has 0 bridgehead atoms. The summed E-state index contributed by atoms with van der Waals surface area (Å²) in [4.78, 5) is 0. The molecule has 1 aromatic heterocycles. The van der Waals surface area contributed by atoms with Crippen LogP contribution in [0.15, 0.2) is 48.5 Å². The van der Waals surface area contributed by atoms with E-state index in [2.05, 4.69) is 0 Å². The fourth-order valence-electron chi connectivity index (χ4n) is 2.35. The van der Waals surface area contributed by atoms with Crippen molar-refractivity contribution in [2.24, 2.45) is 0 Å². The van der Waals surface area contributed by atoms with Gasteiger partial charge >= 0.3 is 6.18 Å². The summed E-state index contributed by atoms with van der Waals surface area (Å²) < 4.78 is 39.3. The number of benzene rings is 2. The predicted octanol–water partition coefficient (Wildman–Crippen LogP) is 4.36. The van der Waals surface area contributed by atoms with E-state index in [4.69, 9.17) is 0 Å². The highest BCUT2D eigenvalue weighted by atomic mass is 19.4. The Labute approximate surface area is 101 Å². The van der Waals surface area contributed by atoms with Crippen LogP contribution in [0.5, 0.6) is 0 Å². The van der Waals surface area contributed by atoms with Gasteiger partial charge in [0, 0.05) is 21.8 Å². The Morgan fingerprint density at radius 2 is 1.22 bits per heavy atom. The maximum atomic E-state index is 12.7. The number of rotatable bonds is 1. The van der Waals surface area contributed by atoms with Crippen LogP contribution in [0, 0.1) is 0 Å². The Bertz CT molecular complexity index is 656. The van der Waals surface area contributed by atoms with Crippen LogP contribution < -0.4 is 0 Å². The third kappa shape index (κ3) is 1.74. The summed E-state index contributed by atoms with van der Waals surface area (Å²) in [5.74, 6) is 0. The molecule has 0 saturated heterocycles. The van der Waals surface area contributed by atoms with E-state index in [9.17, 15) is 13.2 Å². The maximum Gasteiger partial charge on any atom is 0.406 e. The summed E-state index contributed by atoms with van der Waals surface area (Å²) in [7, 11) is 0. The maximum absolute atomic E-state index is 12.7. The largest absolute Gasteiger partial charge is 0.406 e. The topological polar surface area (TPSA) is 4.93 Å². The summed E-state index contributed by atoms with van der Waals surface area (Å²) in [5, 5.41) is 1.72. The van der Waals surface area contributed by atoms with Crippen LogP contribution in [0.2, 0.25) is 0 Å². The minimum atomic E-state index is -4.22. The monoisotopic (exact) mass is 249 g/mol. The Balaban J connectivity index is 2.38. The molecule has 3 aromatic rings. The second-order valence-corrected chi connectivity index (χ2v) is 4.24. The van der Waals surface area contributed by atoms with E-state index in [-0.39, 0.29) is 0 Å². The van der Waals surface area contributed by atoms with Crippen LogP contribution in [0.3, 0.4) is 0 Å². The predicted molar refractivity (Wildman–Crippen MR) is 65.5 cm³/mol. The zero-order valence-electron chi connectivity index (χ0n) is 9.41. The molecule has 0 aliphatic carbocycles. The smallest absolute Gasteiger partial charge is 0.331 e. The van der Waals surface area contributed by atoms with Crippen molar-refractivity contribution < 1.29 is 13.2 Å². The van der Waals surface area contributed by atoms with Crippen molar-refractivity contribution in [3.63, 3.8) is 0 Å². The Morgan fingerprint density at radius 1 is 0.778 bits per heavy atom. The molecular weight excluding hydrogens is 239 g/mol. The van der Waals surface area contributed by atoms with E-state index in [1.807, 2.05) is 24.3 Å². The Morgan fingerprint density at radius 3 is 1.67 bits per heavy atom. The summed E-state index contributed by atoms with van der Waals surface area (Å²) in [6.45, 7) is -0.957. The molecule has 3 rings (SSSR count). The highest BCUT2D eigenvalue weighted by molar-refractivity contribution is 6.07. The van der Waals surface area contributed by atoms with Gasteiger partial charge in [-0.15, -0.1) is 0 Å². The molecule has 0 atom stereocenters. The van der Waals surface area contributed by atoms with Crippen molar-refractivity contribution in [2.45, 2.75) is 12.7 Å². The third-order valence-electron chi connectivity index (χ3n) is 3.02. The molecule has 0 aliphatic rings. The van der Waals surface area contributed by atoms with Crippen molar-refractivity contribution in [1.29, 1.82) is 0 Å². The van der Waals surface area contributed by atoms with E-state index in [1.54, 1.807) is 24.3 Å². The van der Waals surface area contributed by atoms with Crippen molar-refractivity contribution >= 4 is 21.8 Å². The third-order valence-corrected chi connectivity index (χ3v) is 3.02. The van der Waals surface area contributed by atoms with Gasteiger partial charge in [-0.3, -0.25) is 0 Å². The number of hydrogen-bond acceptors (Lipinski definition) is 0. The molecule has 1 heterocycles. The van der Waals surface area contributed by atoms with Crippen molar-refractivity contribution in [1.82, 2.24) is 4.57 Å². The van der Waals surface area contributed by atoms with Gasteiger partial charge in [-0.1, -0.05) is 36.4 Å². The quantitative estimate of drug-likeness (QED) is 0.604. The molecule has 1 nitrogen and oxygen atoms in total. The molecule has 92 valence electrons. The van der Waals surface area contributed by atoms with Gasteiger partial charge in [0.25, 0.3) is 0 Å². The van der Waals surface area contributed by atoms with E-state index < -0.39 is 12.7 Å². The molecule has 0 fully saturated rings. The number of alkyl halides is 3. The molecule has 0 radical (unpaired) electrons. The first-order chi connectivity index (χ1) is 8.56. The molecule has 4 heteroatoms. The first kappa shape index (κ1) is 11.1. The first-order valence-corrected chi connectivity index (χ1v) is 5.59. The lowest BCUT2D eigenvalue weighted by molar-refractivity contribution is -0.139. The molecule has 2 aromatic carbocycles. The second-order valence-electron chi connectivity index (χ2n) is 4.24. The number of hydrogen-bond donors (Lipinski definition) is 0. The number of halogens is 3. The van der Waals surface area contributed by atoms with Gasteiger partial charge in [0.1, 0.15) is 6.54 Å². The van der Waals surface area contributed by atoms with Gasteiger partial charge in [0.15, 0.2) is 0 Å². The van der Waals surface area contributed by atoms with Gasteiger partial charge in [0.2, 0.25) is 0 Å². The van der Waals surface area contributed by atoms with Crippen molar-refractivity contribution in [2.75, 3.05) is 0 Å². The number of aromatic nitrogens is 1. The molecule has 0 N–H and O–H groups in total. The lowest BCUT2D eigenvalue weighted by atomic mass is 10.2. The van der Waals surface area contributed by atoms with Crippen LogP contribution in [0.4, 0.5) is 13.2 Å². The van der Waals surface area contributed by atoms with Crippen molar-refractivity contribution in [3.8, 4) is 0 Å². The number of nitrogens with zero attached hydrogens (tertiary/aromatic N) is 1. The molecule has 18 heavy (non-hydrogen) atoms. The van der Waals surface area contributed by atoms with Crippen LogP contribution >= 0.6 is 0 Å². The van der Waals surface area contributed by atoms with E-state index in [1.165, 1.54) is 4.57 Å². The van der Waals surface area contributed by atoms with Crippen LogP contribution in [-0.4, -0.2) is 10.7 Å². The fraction of sp³-hybridized carbons (Fsp3) is 0.143. The van der Waals surface area contributed by atoms with E-state index in [0.29, 0.717) is 11.0 Å². The van der Waals surface area contributed by atoms with Crippen LogP contribution in [-0.2, 0) is 6.54 Å². The fourth-order valence-corrected chi connectivity index (χ4v) is 2.35. The second kappa shape index (κ2) is 3.77. The van der Waals surface area contributed by atoms with Gasteiger partial charge in [-0.2, -0.15) is 13.2 Å². The first-order valence-electron chi connectivity index (χ1n) is 5.59.